The predicted octanol–water partition coefficient (Wildman–Crippen LogP) is 3.83. The number of nitrogen functional groups attached to an aromatic ring is 1. The molecule has 108 valence electrons. The maximum Gasteiger partial charge on any atom is 0.150 e. The zero-order valence-corrected chi connectivity index (χ0v) is 13.5. The summed E-state index contributed by atoms with van der Waals surface area (Å²) in [5, 5.41) is 0.772. The first-order valence-electron chi connectivity index (χ1n) is 6.48. The molecule has 21 heavy (non-hydrogen) atoms. The van der Waals surface area contributed by atoms with Crippen LogP contribution in [0.3, 0.4) is 0 Å². The molecule has 4 nitrogen and oxygen atoms in total. The van der Waals surface area contributed by atoms with Gasteiger partial charge in [0.15, 0.2) is 5.65 Å². The highest BCUT2D eigenvalue weighted by Gasteiger charge is 2.20. The van der Waals surface area contributed by atoms with Crippen molar-refractivity contribution in [2.75, 3.05) is 5.73 Å². The Morgan fingerprint density at radius 3 is 2.57 bits per heavy atom. The molecule has 0 saturated heterocycles. The van der Waals surface area contributed by atoms with Gasteiger partial charge in [-0.2, -0.15) is 0 Å². The number of nitrogens with zero attached hydrogens (tertiary/aromatic N) is 3. The summed E-state index contributed by atoms with van der Waals surface area (Å²) in [6, 6.07) is 4.89. The highest BCUT2D eigenvalue weighted by Crippen LogP contribution is 2.34. The first-order chi connectivity index (χ1) is 9.91. The molecular weight excluding hydrogens is 335 g/mol. The van der Waals surface area contributed by atoms with Crippen LogP contribution in [0.1, 0.15) is 17.1 Å². The van der Waals surface area contributed by atoms with Gasteiger partial charge in [-0.25, -0.2) is 14.4 Å². The molecule has 2 N–H and O–H groups in total. The summed E-state index contributed by atoms with van der Waals surface area (Å²) in [6.07, 6.45) is 0. The summed E-state index contributed by atoms with van der Waals surface area (Å²) in [6.45, 7) is 5.64. The number of nitrogens with two attached hydrogens (primary N) is 1. The van der Waals surface area contributed by atoms with Crippen molar-refractivity contribution in [1.29, 1.82) is 0 Å². The fourth-order valence-corrected chi connectivity index (χ4v) is 3.10. The quantitative estimate of drug-likeness (QED) is 0.726. The number of rotatable bonds is 1. The normalized spacial score (nSPS) is 11.3. The molecule has 3 rings (SSSR count). The van der Waals surface area contributed by atoms with Crippen molar-refractivity contribution in [3.05, 3.63) is 45.6 Å². The van der Waals surface area contributed by atoms with Gasteiger partial charge in [-0.15, -0.1) is 0 Å². The van der Waals surface area contributed by atoms with E-state index in [0.29, 0.717) is 27.4 Å². The van der Waals surface area contributed by atoms with Gasteiger partial charge in [0.1, 0.15) is 17.5 Å². The summed E-state index contributed by atoms with van der Waals surface area (Å²) in [5.41, 5.74) is 8.93. The Hall–Kier alpha value is -1.95. The molecule has 0 radical (unpaired) electrons. The van der Waals surface area contributed by atoms with E-state index < -0.39 is 0 Å². The number of aryl methyl sites for hydroxylation is 2. The van der Waals surface area contributed by atoms with Crippen LogP contribution in [0.5, 0.6) is 0 Å². The number of benzene rings is 1. The molecule has 0 aliphatic rings. The monoisotopic (exact) mass is 348 g/mol. The molecule has 0 saturated carbocycles. The minimum atomic E-state index is -0.320. The van der Waals surface area contributed by atoms with E-state index in [1.807, 2.05) is 13.8 Å². The van der Waals surface area contributed by atoms with Gasteiger partial charge in [-0.05, 0) is 54.4 Å². The van der Waals surface area contributed by atoms with Crippen LogP contribution in [-0.4, -0.2) is 14.5 Å². The van der Waals surface area contributed by atoms with Crippen molar-refractivity contribution >= 4 is 32.8 Å². The third kappa shape index (κ3) is 2.01. The molecule has 0 bridgehead atoms. The topological polar surface area (TPSA) is 56.7 Å². The van der Waals surface area contributed by atoms with E-state index in [2.05, 4.69) is 25.9 Å². The molecule has 0 atom stereocenters. The Bertz CT molecular complexity index is 850. The van der Waals surface area contributed by atoms with Crippen molar-refractivity contribution in [2.24, 2.45) is 0 Å². The largest absolute Gasteiger partial charge is 0.383 e. The van der Waals surface area contributed by atoms with Crippen molar-refractivity contribution in [2.45, 2.75) is 20.8 Å². The fourth-order valence-electron chi connectivity index (χ4n) is 2.58. The molecule has 6 heteroatoms. The van der Waals surface area contributed by atoms with Crippen molar-refractivity contribution in [3.63, 3.8) is 0 Å². The average Bonchev–Trinajstić information content (AvgIpc) is 2.63. The standard InChI is InChI=1S/C15H14BrFN4/c1-7-8(2)21(13-10(16)5-4-6-11(13)17)15-12(7)14(18)19-9(3)20-15/h4-6H,1-3H3,(H2,18,19,20). The number of anilines is 1. The SMILES string of the molecule is Cc1nc(N)c2c(C)c(C)n(-c3c(F)cccc3Br)c2n1. The number of aromatic nitrogens is 3. The molecule has 0 fully saturated rings. The van der Waals surface area contributed by atoms with E-state index >= 15 is 0 Å². The van der Waals surface area contributed by atoms with Crippen LogP contribution in [0.4, 0.5) is 10.2 Å². The molecule has 0 unspecified atom stereocenters. The lowest BCUT2D eigenvalue weighted by Gasteiger charge is -2.11. The molecular formula is C15H14BrFN4. The summed E-state index contributed by atoms with van der Waals surface area (Å²) in [4.78, 5) is 8.66. The Labute approximate surface area is 129 Å². The van der Waals surface area contributed by atoms with E-state index in [-0.39, 0.29) is 5.82 Å². The van der Waals surface area contributed by atoms with Gasteiger partial charge < -0.3 is 5.73 Å². The molecule has 3 aromatic rings. The van der Waals surface area contributed by atoms with Gasteiger partial charge in [0, 0.05) is 10.2 Å². The Kier molecular flexibility index (Phi) is 3.20. The maximum atomic E-state index is 14.3. The molecule has 1 aromatic carbocycles. The summed E-state index contributed by atoms with van der Waals surface area (Å²) >= 11 is 3.41. The van der Waals surface area contributed by atoms with Crippen molar-refractivity contribution in [1.82, 2.24) is 14.5 Å². The average molecular weight is 349 g/mol. The third-order valence-electron chi connectivity index (χ3n) is 3.66. The minimum absolute atomic E-state index is 0.320. The van der Waals surface area contributed by atoms with Crippen LogP contribution in [0, 0.1) is 26.6 Å². The minimum Gasteiger partial charge on any atom is -0.383 e. The first kappa shape index (κ1) is 14.0. The van der Waals surface area contributed by atoms with Crippen LogP contribution in [-0.2, 0) is 0 Å². The van der Waals surface area contributed by atoms with Gasteiger partial charge in [0.2, 0.25) is 0 Å². The Morgan fingerprint density at radius 1 is 1.19 bits per heavy atom. The van der Waals surface area contributed by atoms with E-state index in [9.17, 15) is 4.39 Å². The zero-order valence-electron chi connectivity index (χ0n) is 11.9. The molecule has 0 spiro atoms. The van der Waals surface area contributed by atoms with Crippen LogP contribution < -0.4 is 5.73 Å². The number of halogens is 2. The van der Waals surface area contributed by atoms with Crippen LogP contribution in [0.25, 0.3) is 16.7 Å². The lowest BCUT2D eigenvalue weighted by Crippen LogP contribution is -2.04. The van der Waals surface area contributed by atoms with Gasteiger partial charge >= 0.3 is 0 Å². The van der Waals surface area contributed by atoms with Crippen molar-refractivity contribution < 1.29 is 4.39 Å². The maximum absolute atomic E-state index is 14.3. The van der Waals surface area contributed by atoms with E-state index in [1.165, 1.54) is 6.07 Å². The molecule has 0 aliphatic carbocycles. The Morgan fingerprint density at radius 2 is 1.90 bits per heavy atom. The van der Waals surface area contributed by atoms with Gasteiger partial charge in [-0.1, -0.05) is 6.07 Å². The van der Waals surface area contributed by atoms with E-state index in [0.717, 1.165) is 16.6 Å². The van der Waals surface area contributed by atoms with E-state index in [1.54, 1.807) is 23.6 Å². The second-order valence-corrected chi connectivity index (χ2v) is 5.83. The smallest absolute Gasteiger partial charge is 0.150 e. The van der Waals surface area contributed by atoms with Crippen LogP contribution in [0.15, 0.2) is 22.7 Å². The second-order valence-electron chi connectivity index (χ2n) is 4.97. The van der Waals surface area contributed by atoms with Gasteiger partial charge in [0.25, 0.3) is 0 Å². The van der Waals surface area contributed by atoms with Gasteiger partial charge in [-0.3, -0.25) is 4.57 Å². The van der Waals surface area contributed by atoms with Crippen LogP contribution in [0.2, 0.25) is 0 Å². The third-order valence-corrected chi connectivity index (χ3v) is 4.30. The molecule has 0 amide bonds. The molecule has 0 aliphatic heterocycles. The van der Waals surface area contributed by atoms with Gasteiger partial charge in [0.05, 0.1) is 11.1 Å². The lowest BCUT2D eigenvalue weighted by molar-refractivity contribution is 0.617. The molecule has 2 aromatic heterocycles. The fraction of sp³-hybridized carbons (Fsp3) is 0.200. The second kappa shape index (κ2) is 4.80. The number of hydrogen-bond acceptors (Lipinski definition) is 3. The predicted molar refractivity (Wildman–Crippen MR) is 85.1 cm³/mol. The number of fused-ring (bicyclic) bond motifs is 1. The highest BCUT2D eigenvalue weighted by molar-refractivity contribution is 9.10. The first-order valence-corrected chi connectivity index (χ1v) is 7.27. The number of para-hydroxylation sites is 1. The van der Waals surface area contributed by atoms with Crippen LogP contribution >= 0.6 is 15.9 Å². The molecule has 2 heterocycles. The number of hydrogen-bond donors (Lipinski definition) is 1. The highest BCUT2D eigenvalue weighted by atomic mass is 79.9. The Balaban J connectivity index is 2.52. The summed E-state index contributed by atoms with van der Waals surface area (Å²) < 4.78 is 16.8. The van der Waals surface area contributed by atoms with Crippen molar-refractivity contribution in [3.8, 4) is 5.69 Å². The summed E-state index contributed by atoms with van der Waals surface area (Å²) in [5.74, 6) is 0.662. The summed E-state index contributed by atoms with van der Waals surface area (Å²) in [7, 11) is 0. The van der Waals surface area contributed by atoms with E-state index in [4.69, 9.17) is 5.73 Å². The lowest BCUT2D eigenvalue weighted by atomic mass is 10.2. The zero-order chi connectivity index (χ0) is 15.3.